The van der Waals surface area contributed by atoms with Gasteiger partial charge in [-0.3, -0.25) is 4.79 Å². The molecule has 1 amide bonds. The van der Waals surface area contributed by atoms with E-state index in [0.29, 0.717) is 12.2 Å². The zero-order valence-corrected chi connectivity index (χ0v) is 16.9. The Morgan fingerprint density at radius 1 is 1.14 bits per heavy atom. The van der Waals surface area contributed by atoms with Crippen LogP contribution < -0.4 is 10.2 Å². The van der Waals surface area contributed by atoms with Crippen molar-refractivity contribution < 1.29 is 4.79 Å². The second-order valence-electron chi connectivity index (χ2n) is 8.63. The molecular formula is C23H28N4O. The minimum atomic E-state index is -0.0898. The highest BCUT2D eigenvalue weighted by Gasteiger charge is 2.16. The summed E-state index contributed by atoms with van der Waals surface area (Å²) in [7, 11) is 0. The first-order chi connectivity index (χ1) is 13.4. The molecule has 1 aliphatic rings. The molecule has 0 saturated carbocycles. The van der Waals surface area contributed by atoms with Crippen LogP contribution in [0, 0.1) is 0 Å². The molecule has 5 nitrogen and oxygen atoms in total. The van der Waals surface area contributed by atoms with Crippen molar-refractivity contribution in [2.45, 2.75) is 45.6 Å². The number of pyridine rings is 1. The topological polar surface area (TPSA) is 61.0 Å². The second kappa shape index (κ2) is 7.30. The molecule has 4 rings (SSSR count). The zero-order valence-electron chi connectivity index (χ0n) is 16.9. The van der Waals surface area contributed by atoms with Gasteiger partial charge in [-0.2, -0.15) is 0 Å². The van der Waals surface area contributed by atoms with Gasteiger partial charge in [0, 0.05) is 36.7 Å². The molecule has 2 aromatic heterocycles. The van der Waals surface area contributed by atoms with Crippen LogP contribution in [-0.2, 0) is 12.0 Å². The fourth-order valence-electron chi connectivity index (χ4n) is 3.69. The number of amides is 1. The number of hydrogen-bond acceptors (Lipinski definition) is 3. The Bertz CT molecular complexity index is 993. The lowest BCUT2D eigenvalue weighted by molar-refractivity contribution is 0.0946. The van der Waals surface area contributed by atoms with Gasteiger partial charge in [-0.25, -0.2) is 4.98 Å². The Morgan fingerprint density at radius 3 is 2.68 bits per heavy atom. The number of rotatable bonds is 4. The van der Waals surface area contributed by atoms with Gasteiger partial charge >= 0.3 is 0 Å². The van der Waals surface area contributed by atoms with E-state index in [9.17, 15) is 4.79 Å². The first-order valence-corrected chi connectivity index (χ1v) is 10.0. The van der Waals surface area contributed by atoms with Gasteiger partial charge in [0.1, 0.15) is 11.5 Å². The Hall–Kier alpha value is -2.82. The molecule has 0 spiro atoms. The van der Waals surface area contributed by atoms with E-state index in [1.54, 1.807) is 0 Å². The van der Waals surface area contributed by atoms with Crippen molar-refractivity contribution in [1.82, 2.24) is 15.3 Å². The number of anilines is 1. The fourth-order valence-corrected chi connectivity index (χ4v) is 3.69. The van der Waals surface area contributed by atoms with E-state index in [1.807, 2.05) is 18.3 Å². The third-order valence-corrected chi connectivity index (χ3v) is 5.42. The number of carbonyl (C=O) groups is 1. The molecule has 0 atom stereocenters. The van der Waals surface area contributed by atoms with Gasteiger partial charge in [-0.15, -0.1) is 0 Å². The van der Waals surface area contributed by atoms with Crippen LogP contribution in [0.3, 0.4) is 0 Å². The van der Waals surface area contributed by atoms with Crippen LogP contribution in [0.5, 0.6) is 0 Å². The van der Waals surface area contributed by atoms with Crippen LogP contribution in [0.25, 0.3) is 10.9 Å². The average molecular weight is 377 g/mol. The van der Waals surface area contributed by atoms with Crippen LogP contribution in [0.1, 0.15) is 55.2 Å². The quantitative estimate of drug-likeness (QED) is 0.710. The third kappa shape index (κ3) is 3.88. The van der Waals surface area contributed by atoms with Crippen molar-refractivity contribution in [3.63, 3.8) is 0 Å². The number of hydrogen-bond donors (Lipinski definition) is 2. The van der Waals surface area contributed by atoms with Crippen LogP contribution in [0.2, 0.25) is 0 Å². The van der Waals surface area contributed by atoms with Gasteiger partial charge in [0.2, 0.25) is 0 Å². The van der Waals surface area contributed by atoms with Crippen molar-refractivity contribution in [2.75, 3.05) is 18.0 Å². The Balaban J connectivity index is 1.46. The molecule has 1 saturated heterocycles. The van der Waals surface area contributed by atoms with Crippen molar-refractivity contribution in [2.24, 2.45) is 0 Å². The molecular weight excluding hydrogens is 348 g/mol. The maximum Gasteiger partial charge on any atom is 0.267 e. The van der Waals surface area contributed by atoms with E-state index in [1.165, 1.54) is 18.4 Å². The van der Waals surface area contributed by atoms with E-state index >= 15 is 0 Å². The molecule has 28 heavy (non-hydrogen) atoms. The maximum absolute atomic E-state index is 12.6. The number of aromatic nitrogens is 2. The summed E-state index contributed by atoms with van der Waals surface area (Å²) >= 11 is 0. The number of fused-ring (bicyclic) bond motifs is 1. The summed E-state index contributed by atoms with van der Waals surface area (Å²) in [5.74, 6) is 0.914. The summed E-state index contributed by atoms with van der Waals surface area (Å²) < 4.78 is 0. The van der Waals surface area contributed by atoms with Gasteiger partial charge in [0.05, 0.1) is 0 Å². The van der Waals surface area contributed by atoms with E-state index < -0.39 is 0 Å². The Kier molecular flexibility index (Phi) is 4.84. The van der Waals surface area contributed by atoms with Crippen LogP contribution in [0.4, 0.5) is 5.82 Å². The molecule has 1 aromatic carbocycles. The molecule has 1 fully saturated rings. The minimum Gasteiger partial charge on any atom is -0.357 e. The summed E-state index contributed by atoms with van der Waals surface area (Å²) in [5, 5.41) is 4.09. The molecule has 0 unspecified atom stereocenters. The smallest absolute Gasteiger partial charge is 0.267 e. The maximum atomic E-state index is 12.6. The van der Waals surface area contributed by atoms with E-state index in [2.05, 4.69) is 65.2 Å². The summed E-state index contributed by atoms with van der Waals surface area (Å²) in [4.78, 5) is 22.6. The van der Waals surface area contributed by atoms with Crippen LogP contribution in [-0.4, -0.2) is 29.0 Å². The average Bonchev–Trinajstić information content (AvgIpc) is 3.34. The molecule has 3 heterocycles. The van der Waals surface area contributed by atoms with Crippen LogP contribution >= 0.6 is 0 Å². The van der Waals surface area contributed by atoms with Gasteiger partial charge < -0.3 is 15.2 Å². The first kappa shape index (κ1) is 18.5. The van der Waals surface area contributed by atoms with Gasteiger partial charge in [0.25, 0.3) is 5.91 Å². The highest BCUT2D eigenvalue weighted by molar-refractivity contribution is 5.98. The second-order valence-corrected chi connectivity index (χ2v) is 8.63. The Labute approximate surface area is 166 Å². The molecule has 0 aliphatic carbocycles. The molecule has 146 valence electrons. The molecule has 1 aliphatic heterocycles. The van der Waals surface area contributed by atoms with E-state index in [-0.39, 0.29) is 11.3 Å². The molecule has 3 aromatic rings. The zero-order chi connectivity index (χ0) is 19.7. The lowest BCUT2D eigenvalue weighted by atomic mass is 9.86. The fraction of sp³-hybridized carbons (Fsp3) is 0.391. The Morgan fingerprint density at radius 2 is 1.93 bits per heavy atom. The summed E-state index contributed by atoms with van der Waals surface area (Å²) in [6.45, 7) is 9.20. The normalized spacial score (nSPS) is 14.6. The monoisotopic (exact) mass is 376 g/mol. The lowest BCUT2D eigenvalue weighted by Gasteiger charge is -2.18. The predicted molar refractivity (Wildman–Crippen MR) is 114 cm³/mol. The molecule has 5 heteroatoms. The van der Waals surface area contributed by atoms with Crippen molar-refractivity contribution in [3.05, 3.63) is 59.4 Å². The highest BCUT2D eigenvalue weighted by Crippen LogP contribution is 2.26. The number of carbonyl (C=O) groups excluding carboxylic acids is 1. The minimum absolute atomic E-state index is 0.0856. The summed E-state index contributed by atoms with van der Waals surface area (Å²) in [6.07, 6.45) is 4.27. The van der Waals surface area contributed by atoms with Crippen molar-refractivity contribution in [1.29, 1.82) is 0 Å². The number of nitrogens with one attached hydrogen (secondary N) is 2. The first-order valence-electron chi connectivity index (χ1n) is 10.0. The van der Waals surface area contributed by atoms with Gasteiger partial charge in [0.15, 0.2) is 0 Å². The predicted octanol–water partition coefficient (Wildman–Crippen LogP) is 4.39. The lowest BCUT2D eigenvalue weighted by Crippen LogP contribution is -2.24. The number of benzene rings is 1. The number of H-pyrrole nitrogens is 1. The van der Waals surface area contributed by atoms with Crippen molar-refractivity contribution in [3.8, 4) is 0 Å². The van der Waals surface area contributed by atoms with Crippen LogP contribution in [0.15, 0.2) is 42.6 Å². The number of nitrogens with zero attached hydrogens (tertiary/aromatic N) is 2. The van der Waals surface area contributed by atoms with E-state index in [4.69, 9.17) is 0 Å². The molecule has 0 bridgehead atoms. The van der Waals surface area contributed by atoms with Gasteiger partial charge in [-0.1, -0.05) is 26.8 Å². The SMILES string of the molecule is CC(C)(C)c1ccc2[nH]c(C(=O)NCc3ccnc(N4CCCC4)c3)cc2c1. The van der Waals surface area contributed by atoms with Crippen molar-refractivity contribution >= 4 is 22.6 Å². The highest BCUT2D eigenvalue weighted by atomic mass is 16.1. The van der Waals surface area contributed by atoms with E-state index in [0.717, 1.165) is 35.4 Å². The molecule has 2 N–H and O–H groups in total. The number of aromatic amines is 1. The third-order valence-electron chi connectivity index (χ3n) is 5.42. The standard InChI is InChI=1S/C23H28N4O/c1-23(2,3)18-6-7-19-17(13-18)14-20(26-19)22(28)25-15-16-8-9-24-21(12-16)27-10-4-5-11-27/h6-9,12-14,26H,4-5,10-11,15H2,1-3H3,(H,25,28). The molecule has 0 radical (unpaired) electrons. The largest absolute Gasteiger partial charge is 0.357 e. The summed E-state index contributed by atoms with van der Waals surface area (Å²) in [6, 6.07) is 12.3. The van der Waals surface area contributed by atoms with Gasteiger partial charge in [-0.05, 0) is 59.7 Å². The summed E-state index contributed by atoms with van der Waals surface area (Å²) in [5.41, 5.74) is 3.99.